The highest BCUT2D eigenvalue weighted by molar-refractivity contribution is 9.09. The molecule has 1 aromatic carbocycles. The van der Waals surface area contributed by atoms with Crippen LogP contribution >= 0.6 is 15.9 Å². The Bertz CT molecular complexity index is 488. The molecule has 0 N–H and O–H groups in total. The number of hydrogen-bond acceptors (Lipinski definition) is 3. The maximum Gasteiger partial charge on any atom is 0.269 e. The van der Waals surface area contributed by atoms with E-state index >= 15 is 0 Å². The van der Waals surface area contributed by atoms with Crippen LogP contribution in [0, 0.1) is 10.1 Å². The molecule has 1 aromatic rings. The van der Waals surface area contributed by atoms with Crippen LogP contribution in [0.1, 0.15) is 36.0 Å². The minimum Gasteiger partial charge on any atom is -0.336 e. The van der Waals surface area contributed by atoms with E-state index in [0.29, 0.717) is 5.56 Å². The summed E-state index contributed by atoms with van der Waals surface area (Å²) in [6.45, 7) is 0.771. The molecule has 1 aliphatic rings. The topological polar surface area (TPSA) is 63.4 Å². The lowest BCUT2D eigenvalue weighted by Crippen LogP contribution is -2.43. The van der Waals surface area contributed by atoms with Crippen LogP contribution < -0.4 is 0 Å². The Morgan fingerprint density at radius 2 is 2.05 bits per heavy atom. The Balaban J connectivity index is 2.14. The molecule has 20 heavy (non-hydrogen) atoms. The van der Waals surface area contributed by atoms with Crippen LogP contribution in [0.25, 0.3) is 0 Å². The van der Waals surface area contributed by atoms with Crippen molar-refractivity contribution in [1.29, 1.82) is 0 Å². The van der Waals surface area contributed by atoms with Crippen molar-refractivity contribution in [2.45, 2.75) is 31.7 Å². The molecule has 0 radical (unpaired) electrons. The Labute approximate surface area is 126 Å². The van der Waals surface area contributed by atoms with Gasteiger partial charge in [0, 0.05) is 35.6 Å². The third kappa shape index (κ3) is 3.36. The van der Waals surface area contributed by atoms with E-state index in [1.165, 1.54) is 12.1 Å². The molecule has 0 spiro atoms. The highest BCUT2D eigenvalue weighted by atomic mass is 79.9. The Morgan fingerprint density at radius 3 is 2.65 bits per heavy atom. The molecule has 1 atom stereocenters. The summed E-state index contributed by atoms with van der Waals surface area (Å²) in [5, 5.41) is 11.5. The van der Waals surface area contributed by atoms with Gasteiger partial charge < -0.3 is 4.90 Å². The fourth-order valence-corrected chi connectivity index (χ4v) is 3.11. The number of hydrogen-bond donors (Lipinski definition) is 0. The first-order chi connectivity index (χ1) is 9.63. The Morgan fingerprint density at radius 1 is 1.35 bits per heavy atom. The smallest absolute Gasteiger partial charge is 0.269 e. The number of nitro groups is 1. The van der Waals surface area contributed by atoms with Crippen molar-refractivity contribution in [3.63, 3.8) is 0 Å². The van der Waals surface area contributed by atoms with Gasteiger partial charge in [-0.3, -0.25) is 14.9 Å². The molecule has 108 valence electrons. The summed E-state index contributed by atoms with van der Waals surface area (Å²) < 4.78 is 0. The zero-order valence-electron chi connectivity index (χ0n) is 11.1. The maximum absolute atomic E-state index is 12.5. The van der Waals surface area contributed by atoms with Gasteiger partial charge in [-0.1, -0.05) is 15.9 Å². The molecule has 1 amide bonds. The van der Waals surface area contributed by atoms with Crippen LogP contribution in [0.3, 0.4) is 0 Å². The number of carbonyl (C=O) groups is 1. The van der Waals surface area contributed by atoms with Crippen molar-refractivity contribution >= 4 is 27.5 Å². The van der Waals surface area contributed by atoms with Crippen molar-refractivity contribution in [3.8, 4) is 0 Å². The second kappa shape index (κ2) is 6.83. The number of likely N-dealkylation sites (tertiary alicyclic amines) is 1. The molecule has 0 aliphatic carbocycles. The van der Waals surface area contributed by atoms with Gasteiger partial charge in [-0.05, 0) is 37.8 Å². The number of amides is 1. The summed E-state index contributed by atoms with van der Waals surface area (Å²) in [5.41, 5.74) is 0.536. The van der Waals surface area contributed by atoms with Gasteiger partial charge in [-0.25, -0.2) is 0 Å². The quantitative estimate of drug-likeness (QED) is 0.479. The van der Waals surface area contributed by atoms with Crippen molar-refractivity contribution < 1.29 is 9.72 Å². The van der Waals surface area contributed by atoms with Crippen LogP contribution in [0.5, 0.6) is 0 Å². The second-order valence-electron chi connectivity index (χ2n) is 4.93. The van der Waals surface area contributed by atoms with Crippen LogP contribution in [0.4, 0.5) is 5.69 Å². The summed E-state index contributed by atoms with van der Waals surface area (Å²) in [6.07, 6.45) is 4.16. The SMILES string of the molecule is O=C(c1ccc([N+](=O)[O-])cc1)N1CCCCC1CCBr. The molecule has 1 saturated heterocycles. The number of halogens is 1. The fraction of sp³-hybridized carbons (Fsp3) is 0.500. The van der Waals surface area contributed by atoms with Crippen molar-refractivity contribution in [2.75, 3.05) is 11.9 Å². The van der Waals surface area contributed by atoms with E-state index in [9.17, 15) is 14.9 Å². The maximum atomic E-state index is 12.5. The molecule has 0 aromatic heterocycles. The average Bonchev–Trinajstić information content (AvgIpc) is 2.47. The zero-order valence-corrected chi connectivity index (χ0v) is 12.7. The van der Waals surface area contributed by atoms with E-state index in [4.69, 9.17) is 0 Å². The minimum absolute atomic E-state index is 0.0113. The van der Waals surface area contributed by atoms with E-state index in [0.717, 1.165) is 37.6 Å². The minimum atomic E-state index is -0.456. The number of benzene rings is 1. The largest absolute Gasteiger partial charge is 0.336 e. The first kappa shape index (κ1) is 15.0. The number of rotatable bonds is 4. The molecular weight excluding hydrogens is 324 g/mol. The van der Waals surface area contributed by atoms with E-state index in [1.807, 2.05) is 4.90 Å². The number of carbonyl (C=O) groups excluding carboxylic acids is 1. The van der Waals surface area contributed by atoms with Crippen molar-refractivity contribution in [1.82, 2.24) is 4.90 Å². The first-order valence-corrected chi connectivity index (χ1v) is 7.87. The average molecular weight is 341 g/mol. The highest BCUT2D eigenvalue weighted by Crippen LogP contribution is 2.23. The molecule has 1 fully saturated rings. The Hall–Kier alpha value is -1.43. The molecule has 0 saturated carbocycles. The number of piperidine rings is 1. The number of alkyl halides is 1. The normalized spacial score (nSPS) is 18.9. The van der Waals surface area contributed by atoms with Crippen molar-refractivity contribution in [3.05, 3.63) is 39.9 Å². The van der Waals surface area contributed by atoms with Gasteiger partial charge in [0.15, 0.2) is 0 Å². The molecule has 6 heteroatoms. The van der Waals surface area contributed by atoms with Gasteiger partial charge in [0.2, 0.25) is 0 Å². The lowest BCUT2D eigenvalue weighted by molar-refractivity contribution is -0.384. The first-order valence-electron chi connectivity index (χ1n) is 6.75. The van der Waals surface area contributed by atoms with Gasteiger partial charge >= 0.3 is 0 Å². The predicted molar refractivity (Wildman–Crippen MR) is 80.2 cm³/mol. The molecular formula is C14H17BrN2O3. The van der Waals surface area contributed by atoms with Crippen LogP contribution in [-0.4, -0.2) is 33.6 Å². The van der Waals surface area contributed by atoms with Gasteiger partial charge in [0.25, 0.3) is 11.6 Å². The molecule has 0 bridgehead atoms. The lowest BCUT2D eigenvalue weighted by Gasteiger charge is -2.35. The van der Waals surface area contributed by atoms with E-state index in [2.05, 4.69) is 15.9 Å². The van der Waals surface area contributed by atoms with Crippen LogP contribution in [-0.2, 0) is 0 Å². The standard InChI is InChI=1S/C14H17BrN2O3/c15-9-8-12-3-1-2-10-16(12)14(18)11-4-6-13(7-5-11)17(19)20/h4-7,12H,1-3,8-10H2. The van der Waals surface area contributed by atoms with Crippen molar-refractivity contribution in [2.24, 2.45) is 0 Å². The fourth-order valence-electron chi connectivity index (χ4n) is 2.59. The second-order valence-corrected chi connectivity index (χ2v) is 5.72. The van der Waals surface area contributed by atoms with E-state index < -0.39 is 4.92 Å². The summed E-state index contributed by atoms with van der Waals surface area (Å²) in [7, 11) is 0. The zero-order chi connectivity index (χ0) is 14.5. The molecule has 1 heterocycles. The summed E-state index contributed by atoms with van der Waals surface area (Å²) in [6, 6.07) is 6.12. The van der Waals surface area contributed by atoms with Gasteiger partial charge in [0.05, 0.1) is 4.92 Å². The molecule has 1 unspecified atom stereocenters. The van der Waals surface area contributed by atoms with E-state index in [1.54, 1.807) is 12.1 Å². The lowest BCUT2D eigenvalue weighted by atomic mass is 9.99. The molecule has 5 nitrogen and oxygen atoms in total. The Kier molecular flexibility index (Phi) is 5.11. The number of nitrogens with zero attached hydrogens (tertiary/aromatic N) is 2. The van der Waals surface area contributed by atoms with Gasteiger partial charge in [0.1, 0.15) is 0 Å². The van der Waals surface area contributed by atoms with Gasteiger partial charge in [-0.2, -0.15) is 0 Å². The van der Waals surface area contributed by atoms with Crippen LogP contribution in [0.15, 0.2) is 24.3 Å². The summed E-state index contributed by atoms with van der Waals surface area (Å²) in [4.78, 5) is 24.6. The number of nitro benzene ring substituents is 1. The third-order valence-electron chi connectivity index (χ3n) is 3.66. The van der Waals surface area contributed by atoms with Gasteiger partial charge in [-0.15, -0.1) is 0 Å². The van der Waals surface area contributed by atoms with Crippen LogP contribution in [0.2, 0.25) is 0 Å². The molecule has 1 aliphatic heterocycles. The highest BCUT2D eigenvalue weighted by Gasteiger charge is 2.27. The third-order valence-corrected chi connectivity index (χ3v) is 4.11. The number of non-ortho nitro benzene ring substituents is 1. The predicted octanol–water partition coefficient (Wildman–Crippen LogP) is 3.37. The monoisotopic (exact) mass is 340 g/mol. The molecule has 2 rings (SSSR count). The summed E-state index contributed by atoms with van der Waals surface area (Å²) >= 11 is 3.43. The summed E-state index contributed by atoms with van der Waals surface area (Å²) in [5.74, 6) is -0.0226. The van der Waals surface area contributed by atoms with E-state index in [-0.39, 0.29) is 17.6 Å².